The van der Waals surface area contributed by atoms with Gasteiger partial charge in [-0.15, -0.1) is 24.1 Å². The molecule has 0 bridgehead atoms. The van der Waals surface area contributed by atoms with E-state index in [9.17, 15) is 4.79 Å². The maximum absolute atomic E-state index is 12.8. The maximum atomic E-state index is 12.8. The van der Waals surface area contributed by atoms with Crippen LogP contribution < -0.4 is 5.73 Å². The summed E-state index contributed by atoms with van der Waals surface area (Å²) in [5.41, 5.74) is 7.52. The first-order valence-electron chi connectivity index (χ1n) is 9.37. The van der Waals surface area contributed by atoms with E-state index >= 15 is 0 Å². The maximum Gasteiger partial charge on any atom is 0.271 e. The van der Waals surface area contributed by atoms with Crippen LogP contribution >= 0.6 is 11.8 Å². The van der Waals surface area contributed by atoms with Crippen LogP contribution in [0.4, 0.5) is 0 Å². The van der Waals surface area contributed by atoms with E-state index < -0.39 is 0 Å². The Hall–Kier alpha value is -2.72. The second kappa shape index (κ2) is 16.3. The van der Waals surface area contributed by atoms with Crippen LogP contribution in [0.3, 0.4) is 0 Å². The van der Waals surface area contributed by atoms with Crippen LogP contribution in [0.5, 0.6) is 0 Å². The Morgan fingerprint density at radius 3 is 2.31 bits per heavy atom. The number of terminal acetylenes is 1. The van der Waals surface area contributed by atoms with Crippen molar-refractivity contribution in [2.45, 2.75) is 46.8 Å². The Bertz CT molecular complexity index is 724. The molecule has 7 heteroatoms. The summed E-state index contributed by atoms with van der Waals surface area (Å²) in [6.07, 6.45) is 14.1. The number of thioether (sulfide) groups is 1. The molecule has 0 aliphatic carbocycles. The summed E-state index contributed by atoms with van der Waals surface area (Å²) < 4.78 is 0. The predicted molar refractivity (Wildman–Crippen MR) is 129 cm³/mol. The summed E-state index contributed by atoms with van der Waals surface area (Å²) in [6, 6.07) is 0. The van der Waals surface area contributed by atoms with E-state index in [0.29, 0.717) is 10.7 Å². The Morgan fingerprint density at radius 2 is 1.93 bits per heavy atom. The highest BCUT2D eigenvalue weighted by Gasteiger charge is 2.29. The number of aliphatic imine (C=N–C) groups is 1. The lowest BCUT2D eigenvalue weighted by Gasteiger charge is -2.18. The van der Waals surface area contributed by atoms with Crippen molar-refractivity contribution in [3.05, 3.63) is 46.4 Å². The number of rotatable bonds is 6. The number of carbonyl (C=O) groups excluding carboxylic acids is 1. The van der Waals surface area contributed by atoms with Gasteiger partial charge in [-0.05, 0) is 57.7 Å². The zero-order chi connectivity index (χ0) is 23.0. The number of likely N-dealkylation sites (N-methyl/N-ethyl adjacent to an activating group) is 1. The van der Waals surface area contributed by atoms with Crippen molar-refractivity contribution in [3.8, 4) is 12.3 Å². The van der Waals surface area contributed by atoms with Gasteiger partial charge in [0.25, 0.3) is 5.91 Å². The molecule has 1 heterocycles. The summed E-state index contributed by atoms with van der Waals surface area (Å²) in [5.74, 6) is 2.42. The smallest absolute Gasteiger partial charge is 0.271 e. The first kappa shape index (κ1) is 28.5. The van der Waals surface area contributed by atoms with Gasteiger partial charge in [-0.3, -0.25) is 15.1 Å². The number of hydrogen-bond acceptors (Lipinski definition) is 6. The zero-order valence-corrected chi connectivity index (χ0v) is 19.7. The lowest BCUT2D eigenvalue weighted by atomic mass is 10.1. The molecule has 0 aromatic heterocycles. The Kier molecular flexibility index (Phi) is 16.0. The lowest BCUT2D eigenvalue weighted by molar-refractivity contribution is -0.121. The normalized spacial score (nSPS) is 17.4. The van der Waals surface area contributed by atoms with E-state index in [4.69, 9.17) is 11.1 Å². The van der Waals surface area contributed by atoms with E-state index in [1.54, 1.807) is 33.1 Å². The second-order valence-corrected chi connectivity index (χ2v) is 6.87. The third kappa shape index (κ3) is 8.88. The standard InChI is InChI=1S/C17H25N5OS.C3H4.C2H6/c1-6-16(20-7-2)22(11-19)17(23)15-10-13(12(3)24-15)14(8-9-18)21(4)5;1-3-2;1-2/h6-12,19H,18H2,1-5H3;1H,2H3;1-2H3/b9-8-,14-13+,16-6+,19-11?,20-7-;;. The lowest BCUT2D eigenvalue weighted by Crippen LogP contribution is -2.28. The van der Waals surface area contributed by atoms with Gasteiger partial charge in [0.05, 0.1) is 11.2 Å². The number of nitrogens with zero attached hydrogens (tertiary/aromatic N) is 3. The molecule has 1 aliphatic heterocycles. The molecule has 6 nitrogen and oxygen atoms in total. The quantitative estimate of drug-likeness (QED) is 0.382. The molecule has 0 aromatic rings. The van der Waals surface area contributed by atoms with Crippen molar-refractivity contribution in [1.29, 1.82) is 5.41 Å². The van der Waals surface area contributed by atoms with Gasteiger partial charge in [0.15, 0.2) is 0 Å². The molecular formula is C22H35N5OS. The third-order valence-electron chi connectivity index (χ3n) is 3.39. The van der Waals surface area contributed by atoms with E-state index in [-0.39, 0.29) is 11.2 Å². The average Bonchev–Trinajstić information content (AvgIpc) is 3.09. The van der Waals surface area contributed by atoms with Crippen LogP contribution in [0.15, 0.2) is 51.4 Å². The molecule has 0 aromatic carbocycles. The fraction of sp³-hybridized carbons (Fsp3) is 0.409. The van der Waals surface area contributed by atoms with Gasteiger partial charge in [0.2, 0.25) is 0 Å². The highest BCUT2D eigenvalue weighted by atomic mass is 32.2. The number of hydrogen-bond donors (Lipinski definition) is 2. The monoisotopic (exact) mass is 417 g/mol. The summed E-state index contributed by atoms with van der Waals surface area (Å²) >= 11 is 1.47. The number of nitrogens with one attached hydrogen (secondary N) is 1. The summed E-state index contributed by atoms with van der Waals surface area (Å²) in [6.45, 7) is 11.2. The van der Waals surface area contributed by atoms with Crippen molar-refractivity contribution >= 4 is 30.2 Å². The number of amides is 1. The number of nitrogens with two attached hydrogens (primary N) is 1. The largest absolute Gasteiger partial charge is 0.405 e. The molecule has 0 fully saturated rings. The summed E-state index contributed by atoms with van der Waals surface area (Å²) in [5, 5.41) is 7.69. The molecule has 29 heavy (non-hydrogen) atoms. The van der Waals surface area contributed by atoms with E-state index in [2.05, 4.69) is 17.3 Å². The highest BCUT2D eigenvalue weighted by molar-refractivity contribution is 8.05. The minimum atomic E-state index is -0.259. The molecule has 0 radical (unpaired) electrons. The van der Waals surface area contributed by atoms with Crippen LogP contribution in [0.2, 0.25) is 0 Å². The van der Waals surface area contributed by atoms with E-state index in [1.807, 2.05) is 51.9 Å². The summed E-state index contributed by atoms with van der Waals surface area (Å²) in [7, 11) is 3.87. The van der Waals surface area contributed by atoms with Crippen LogP contribution in [0, 0.1) is 17.8 Å². The molecule has 0 spiro atoms. The van der Waals surface area contributed by atoms with Gasteiger partial charge >= 0.3 is 0 Å². The van der Waals surface area contributed by atoms with Crippen molar-refractivity contribution in [3.63, 3.8) is 0 Å². The first-order chi connectivity index (χ1) is 13.8. The van der Waals surface area contributed by atoms with Gasteiger partial charge in [0.1, 0.15) is 5.82 Å². The number of allylic oxidation sites excluding steroid dienone is 3. The molecule has 0 saturated carbocycles. The first-order valence-corrected chi connectivity index (χ1v) is 10.2. The topological polar surface area (TPSA) is 85.8 Å². The molecule has 0 saturated heterocycles. The number of carbonyl (C=O) groups is 1. The Balaban J connectivity index is 0. The summed E-state index contributed by atoms with van der Waals surface area (Å²) in [4.78, 5) is 20.7. The van der Waals surface area contributed by atoms with Crippen LogP contribution in [0.25, 0.3) is 0 Å². The predicted octanol–water partition coefficient (Wildman–Crippen LogP) is 4.35. The van der Waals surface area contributed by atoms with Crippen molar-refractivity contribution < 1.29 is 4.79 Å². The van der Waals surface area contributed by atoms with Crippen molar-refractivity contribution in [2.24, 2.45) is 10.7 Å². The molecule has 1 rings (SSSR count). The Labute approximate surface area is 180 Å². The van der Waals surface area contributed by atoms with Crippen molar-refractivity contribution in [2.75, 3.05) is 14.1 Å². The van der Waals surface area contributed by atoms with Crippen LogP contribution in [-0.4, -0.2) is 47.6 Å². The van der Waals surface area contributed by atoms with Gasteiger partial charge in [-0.25, -0.2) is 4.99 Å². The van der Waals surface area contributed by atoms with Crippen LogP contribution in [-0.2, 0) is 4.79 Å². The van der Waals surface area contributed by atoms with E-state index in [1.165, 1.54) is 22.9 Å². The minimum absolute atomic E-state index is 0.119. The molecular weight excluding hydrogens is 382 g/mol. The van der Waals surface area contributed by atoms with Crippen LogP contribution in [0.1, 0.15) is 41.5 Å². The van der Waals surface area contributed by atoms with Gasteiger partial charge in [-0.1, -0.05) is 13.8 Å². The second-order valence-electron chi connectivity index (χ2n) is 5.49. The molecule has 160 valence electrons. The molecule has 1 atom stereocenters. The fourth-order valence-corrected chi connectivity index (χ4v) is 3.38. The van der Waals surface area contributed by atoms with Gasteiger partial charge in [-0.2, -0.15) is 0 Å². The molecule has 1 amide bonds. The SMILES string of the molecule is C#CC.C/C=N\C(=C/C)N(C=N)C(=O)C1=C/C(=C(/C=C\N)N(C)C)C(C)S1.CC. The molecule has 1 aliphatic rings. The van der Waals surface area contributed by atoms with Crippen molar-refractivity contribution in [1.82, 2.24) is 9.80 Å². The zero-order valence-electron chi connectivity index (χ0n) is 18.9. The third-order valence-corrected chi connectivity index (χ3v) is 4.54. The molecule has 3 N–H and O–H groups in total. The highest BCUT2D eigenvalue weighted by Crippen LogP contribution is 2.39. The average molecular weight is 418 g/mol. The van der Waals surface area contributed by atoms with Gasteiger partial charge in [0, 0.05) is 31.3 Å². The Morgan fingerprint density at radius 1 is 1.38 bits per heavy atom. The van der Waals surface area contributed by atoms with E-state index in [0.717, 1.165) is 17.6 Å². The minimum Gasteiger partial charge on any atom is -0.405 e. The van der Waals surface area contributed by atoms with Gasteiger partial charge < -0.3 is 10.6 Å². The fourth-order valence-electron chi connectivity index (χ4n) is 2.29. The molecule has 1 unspecified atom stereocenters.